The highest BCUT2D eigenvalue weighted by Crippen LogP contribution is 2.12. The average Bonchev–Trinajstić information content (AvgIpc) is 2.89. The standard InChI is InChI=1S/C9H11N3O2S/c1-2-11-8-9(7-10-11)15(13,14)12-5-3-4-6-12/h3-8H,2H2,1H3. The monoisotopic (exact) mass is 225 g/mol. The first-order valence-corrected chi connectivity index (χ1v) is 5.99. The molecule has 5 nitrogen and oxygen atoms in total. The minimum Gasteiger partial charge on any atom is -0.272 e. The second-order valence-corrected chi connectivity index (χ2v) is 4.89. The fourth-order valence-corrected chi connectivity index (χ4v) is 2.39. The van der Waals surface area contributed by atoms with Crippen LogP contribution >= 0.6 is 0 Å². The van der Waals surface area contributed by atoms with Crippen molar-refractivity contribution >= 4 is 10.0 Å². The van der Waals surface area contributed by atoms with E-state index in [1.807, 2.05) is 6.92 Å². The molecule has 80 valence electrons. The van der Waals surface area contributed by atoms with E-state index in [4.69, 9.17) is 0 Å². The van der Waals surface area contributed by atoms with Crippen LogP contribution in [0.2, 0.25) is 0 Å². The summed E-state index contributed by atoms with van der Waals surface area (Å²) < 4.78 is 26.6. The Balaban J connectivity index is 2.47. The maximum atomic E-state index is 11.9. The zero-order valence-corrected chi connectivity index (χ0v) is 9.05. The van der Waals surface area contributed by atoms with Crippen molar-refractivity contribution < 1.29 is 8.42 Å². The van der Waals surface area contributed by atoms with E-state index in [-0.39, 0.29) is 4.90 Å². The van der Waals surface area contributed by atoms with Gasteiger partial charge in [-0.2, -0.15) is 5.10 Å². The van der Waals surface area contributed by atoms with Gasteiger partial charge in [0.05, 0.1) is 6.20 Å². The largest absolute Gasteiger partial charge is 0.272 e. The van der Waals surface area contributed by atoms with Crippen LogP contribution < -0.4 is 0 Å². The van der Waals surface area contributed by atoms with Gasteiger partial charge in [0, 0.05) is 25.1 Å². The van der Waals surface area contributed by atoms with Gasteiger partial charge in [-0.15, -0.1) is 0 Å². The molecule has 0 spiro atoms. The van der Waals surface area contributed by atoms with Gasteiger partial charge in [-0.25, -0.2) is 12.4 Å². The van der Waals surface area contributed by atoms with Crippen molar-refractivity contribution in [2.75, 3.05) is 0 Å². The first-order valence-electron chi connectivity index (χ1n) is 4.55. The number of hydrogen-bond donors (Lipinski definition) is 0. The second kappa shape index (κ2) is 3.54. The maximum Gasteiger partial charge on any atom is 0.270 e. The van der Waals surface area contributed by atoms with Gasteiger partial charge in [-0.1, -0.05) is 0 Å². The van der Waals surface area contributed by atoms with Crippen LogP contribution in [0.25, 0.3) is 0 Å². The summed E-state index contributed by atoms with van der Waals surface area (Å²) in [6, 6.07) is 3.34. The average molecular weight is 225 g/mol. The van der Waals surface area contributed by atoms with E-state index in [1.165, 1.54) is 28.8 Å². The third kappa shape index (κ3) is 1.68. The molecule has 2 aromatic rings. The summed E-state index contributed by atoms with van der Waals surface area (Å²) in [5.74, 6) is 0. The van der Waals surface area contributed by atoms with Gasteiger partial charge in [0.2, 0.25) is 0 Å². The van der Waals surface area contributed by atoms with Gasteiger partial charge < -0.3 is 0 Å². The highest BCUT2D eigenvalue weighted by molar-refractivity contribution is 7.90. The second-order valence-electron chi connectivity index (χ2n) is 3.05. The van der Waals surface area contributed by atoms with E-state index in [0.29, 0.717) is 6.54 Å². The molecule has 0 saturated heterocycles. The van der Waals surface area contributed by atoms with Crippen molar-refractivity contribution in [3.05, 3.63) is 36.9 Å². The molecule has 6 heteroatoms. The van der Waals surface area contributed by atoms with Crippen LogP contribution in [0, 0.1) is 0 Å². The van der Waals surface area contributed by atoms with Crippen LogP contribution in [0.15, 0.2) is 41.8 Å². The number of aromatic nitrogens is 3. The Labute approximate surface area is 88.0 Å². The Morgan fingerprint density at radius 2 is 2.00 bits per heavy atom. The molecule has 2 rings (SSSR count). The first-order chi connectivity index (χ1) is 7.14. The predicted octanol–water partition coefficient (Wildman–Crippen LogP) is 0.941. The van der Waals surface area contributed by atoms with Crippen molar-refractivity contribution in [2.45, 2.75) is 18.4 Å². The third-order valence-electron chi connectivity index (χ3n) is 2.09. The fraction of sp³-hybridized carbons (Fsp3) is 0.222. The third-order valence-corrected chi connectivity index (χ3v) is 3.69. The number of aryl methyl sites for hydroxylation is 1. The van der Waals surface area contributed by atoms with Crippen molar-refractivity contribution in [2.24, 2.45) is 0 Å². The molecular formula is C9H11N3O2S. The zero-order chi connectivity index (χ0) is 10.9. The molecule has 0 bridgehead atoms. The lowest BCUT2D eigenvalue weighted by atomic mass is 10.7. The van der Waals surface area contributed by atoms with Gasteiger partial charge >= 0.3 is 0 Å². The Kier molecular flexibility index (Phi) is 2.36. The van der Waals surface area contributed by atoms with Crippen LogP contribution in [0.5, 0.6) is 0 Å². The minimum absolute atomic E-state index is 0.209. The van der Waals surface area contributed by atoms with E-state index in [1.54, 1.807) is 16.8 Å². The summed E-state index contributed by atoms with van der Waals surface area (Å²) >= 11 is 0. The van der Waals surface area contributed by atoms with Crippen LogP contribution in [-0.2, 0) is 16.6 Å². The molecule has 15 heavy (non-hydrogen) atoms. The minimum atomic E-state index is -3.45. The SMILES string of the molecule is CCn1cc(S(=O)(=O)n2cccc2)cn1. The summed E-state index contributed by atoms with van der Waals surface area (Å²) in [7, 11) is -3.45. The molecule has 0 fully saturated rings. The van der Waals surface area contributed by atoms with E-state index < -0.39 is 10.0 Å². The van der Waals surface area contributed by atoms with Gasteiger partial charge in [-0.3, -0.25) is 4.68 Å². The van der Waals surface area contributed by atoms with Gasteiger partial charge in [0.25, 0.3) is 10.0 Å². The van der Waals surface area contributed by atoms with Gasteiger partial charge in [0.15, 0.2) is 0 Å². The molecule has 2 aromatic heterocycles. The smallest absolute Gasteiger partial charge is 0.270 e. The molecule has 0 unspecified atom stereocenters. The summed E-state index contributed by atoms with van der Waals surface area (Å²) in [6.07, 6.45) is 5.88. The van der Waals surface area contributed by atoms with E-state index in [9.17, 15) is 8.42 Å². The normalized spacial score (nSPS) is 11.8. The molecule has 0 aromatic carbocycles. The Morgan fingerprint density at radius 3 is 2.53 bits per heavy atom. The number of rotatable bonds is 3. The molecule has 0 aliphatic rings. The highest BCUT2D eigenvalue weighted by atomic mass is 32.2. The van der Waals surface area contributed by atoms with E-state index >= 15 is 0 Å². The lowest BCUT2D eigenvalue weighted by Gasteiger charge is -2.01. The summed E-state index contributed by atoms with van der Waals surface area (Å²) in [5, 5.41) is 3.94. The topological polar surface area (TPSA) is 56.9 Å². The van der Waals surface area contributed by atoms with Crippen molar-refractivity contribution in [1.29, 1.82) is 0 Å². The molecule has 2 heterocycles. The molecule has 0 amide bonds. The number of hydrogen-bond acceptors (Lipinski definition) is 3. The summed E-state index contributed by atoms with van der Waals surface area (Å²) in [6.45, 7) is 2.56. The van der Waals surface area contributed by atoms with Crippen molar-refractivity contribution in [1.82, 2.24) is 13.8 Å². The van der Waals surface area contributed by atoms with E-state index in [2.05, 4.69) is 5.10 Å². The lowest BCUT2D eigenvalue weighted by Crippen LogP contribution is -2.09. The van der Waals surface area contributed by atoms with Gasteiger partial charge in [0.1, 0.15) is 4.90 Å². The maximum absolute atomic E-state index is 11.9. The van der Waals surface area contributed by atoms with Gasteiger partial charge in [-0.05, 0) is 19.1 Å². The van der Waals surface area contributed by atoms with Crippen LogP contribution in [-0.4, -0.2) is 22.2 Å². The van der Waals surface area contributed by atoms with Crippen LogP contribution in [0.4, 0.5) is 0 Å². The Morgan fingerprint density at radius 1 is 1.33 bits per heavy atom. The zero-order valence-electron chi connectivity index (χ0n) is 8.24. The molecule has 0 radical (unpaired) electrons. The fourth-order valence-electron chi connectivity index (χ4n) is 1.25. The molecule has 0 saturated carbocycles. The Bertz CT molecular complexity index is 540. The summed E-state index contributed by atoms with van der Waals surface area (Å²) in [4.78, 5) is 0.209. The van der Waals surface area contributed by atoms with Crippen LogP contribution in [0.3, 0.4) is 0 Å². The quantitative estimate of drug-likeness (QED) is 0.781. The number of nitrogens with zero attached hydrogens (tertiary/aromatic N) is 3. The Hall–Kier alpha value is -1.56. The first kappa shape index (κ1) is 9.97. The highest BCUT2D eigenvalue weighted by Gasteiger charge is 2.17. The predicted molar refractivity (Wildman–Crippen MR) is 54.9 cm³/mol. The molecule has 0 N–H and O–H groups in total. The molecule has 0 atom stereocenters. The van der Waals surface area contributed by atoms with Crippen LogP contribution in [0.1, 0.15) is 6.92 Å². The molecule has 0 aliphatic heterocycles. The molecule has 0 aliphatic carbocycles. The summed E-state index contributed by atoms with van der Waals surface area (Å²) in [5.41, 5.74) is 0. The lowest BCUT2D eigenvalue weighted by molar-refractivity contribution is 0.587. The van der Waals surface area contributed by atoms with Crippen molar-refractivity contribution in [3.63, 3.8) is 0 Å². The van der Waals surface area contributed by atoms with E-state index in [0.717, 1.165) is 0 Å². The van der Waals surface area contributed by atoms with Crippen molar-refractivity contribution in [3.8, 4) is 0 Å². The molecular weight excluding hydrogens is 214 g/mol.